The third kappa shape index (κ3) is 7.41. The molecule has 2 amide bonds. The molecule has 1 fully saturated rings. The highest BCUT2D eigenvalue weighted by Crippen LogP contribution is 2.32. The molecule has 5 rings (SSSR count). The Morgan fingerprint density at radius 2 is 1.79 bits per heavy atom. The summed E-state index contributed by atoms with van der Waals surface area (Å²) in [6.45, 7) is 14.8. The zero-order chi connectivity index (χ0) is 30.9. The molecular formula is C33H41N5O4S. The van der Waals surface area contributed by atoms with E-state index in [2.05, 4.69) is 44.5 Å². The second kappa shape index (κ2) is 12.4. The summed E-state index contributed by atoms with van der Waals surface area (Å²) >= 11 is 1.35. The lowest BCUT2D eigenvalue weighted by atomic mass is 10.00. The minimum Gasteiger partial charge on any atom is -0.470 e. The average molecular weight is 604 g/mol. The van der Waals surface area contributed by atoms with Gasteiger partial charge in [0.2, 0.25) is 11.8 Å². The summed E-state index contributed by atoms with van der Waals surface area (Å²) in [6.07, 6.45) is -0.258. The predicted molar refractivity (Wildman–Crippen MR) is 169 cm³/mol. The molecule has 1 unspecified atom stereocenters. The van der Waals surface area contributed by atoms with Gasteiger partial charge in [0.05, 0.1) is 24.8 Å². The third-order valence-electron chi connectivity index (χ3n) is 7.42. The van der Waals surface area contributed by atoms with Crippen molar-refractivity contribution in [2.24, 2.45) is 5.92 Å². The number of anilines is 1. The number of rotatable bonds is 3. The van der Waals surface area contributed by atoms with Crippen LogP contribution < -0.4 is 9.46 Å². The molecule has 3 heterocycles. The van der Waals surface area contributed by atoms with Crippen LogP contribution in [-0.2, 0) is 4.74 Å². The van der Waals surface area contributed by atoms with E-state index in [1.165, 1.54) is 11.9 Å². The van der Waals surface area contributed by atoms with Crippen LogP contribution >= 0.6 is 11.9 Å². The molecule has 1 aromatic heterocycles. The summed E-state index contributed by atoms with van der Waals surface area (Å²) in [6, 6.07) is 15.3. The first-order chi connectivity index (χ1) is 20.4. The van der Waals surface area contributed by atoms with Gasteiger partial charge in [-0.15, -0.1) is 0 Å². The smallest absolute Gasteiger partial charge is 0.410 e. The highest BCUT2D eigenvalue weighted by molar-refractivity contribution is 8.00. The molecule has 0 spiro atoms. The van der Waals surface area contributed by atoms with Crippen LogP contribution in [0.25, 0.3) is 11.3 Å². The molecule has 2 aliphatic rings. The van der Waals surface area contributed by atoms with E-state index in [1.807, 2.05) is 62.1 Å². The van der Waals surface area contributed by atoms with Gasteiger partial charge in [0, 0.05) is 28.6 Å². The monoisotopic (exact) mass is 603 g/mol. The van der Waals surface area contributed by atoms with Crippen molar-refractivity contribution in [3.63, 3.8) is 0 Å². The highest BCUT2D eigenvalue weighted by Gasteiger charge is 2.38. The first-order valence-corrected chi connectivity index (χ1v) is 15.6. The van der Waals surface area contributed by atoms with Crippen LogP contribution in [0.2, 0.25) is 0 Å². The standard InChI is InChI=1S/C33H41N5O4S/c1-20(2)14-24-17-37(32(40)42-33(5,6)7)18-25-19-38(24)30(39)23-12-9-13-26(15-23)43-36-31-34-27(16-28(35-31)41-25)29-21(3)10-8-11-22(29)4/h8-13,15-16,20,24-25H,14,17-19H2,1-7H3,(H,34,35,36)/t24?,25-/m0/s1. The summed E-state index contributed by atoms with van der Waals surface area (Å²) in [7, 11) is 0. The number of carbonyl (C=O) groups is 2. The number of nitrogens with one attached hydrogen (secondary N) is 1. The minimum atomic E-state index is -0.661. The Bertz CT molecular complexity index is 1480. The minimum absolute atomic E-state index is 0.0963. The van der Waals surface area contributed by atoms with Crippen LogP contribution in [0, 0.1) is 19.8 Å². The fraction of sp³-hybridized carbons (Fsp3) is 0.455. The Morgan fingerprint density at radius 1 is 1.07 bits per heavy atom. The number of carbonyl (C=O) groups excluding carboxylic acids is 2. The van der Waals surface area contributed by atoms with Gasteiger partial charge < -0.3 is 19.3 Å². The molecule has 0 aliphatic carbocycles. The number of aromatic nitrogens is 2. The predicted octanol–water partition coefficient (Wildman–Crippen LogP) is 6.75. The molecule has 2 atom stereocenters. The number of aryl methyl sites for hydroxylation is 2. The quantitative estimate of drug-likeness (QED) is 0.329. The van der Waals surface area contributed by atoms with Crippen molar-refractivity contribution in [1.29, 1.82) is 0 Å². The lowest BCUT2D eigenvalue weighted by Crippen LogP contribution is -2.47. The zero-order valence-electron chi connectivity index (χ0n) is 26.0. The van der Waals surface area contributed by atoms with E-state index in [1.54, 1.807) is 4.90 Å². The topological polar surface area (TPSA) is 96.9 Å². The maximum Gasteiger partial charge on any atom is 0.410 e. The Labute approximate surface area is 258 Å². The van der Waals surface area contributed by atoms with E-state index in [4.69, 9.17) is 19.4 Å². The molecule has 43 heavy (non-hydrogen) atoms. The maximum atomic E-state index is 14.2. The highest BCUT2D eigenvalue weighted by atomic mass is 32.2. The fourth-order valence-electron chi connectivity index (χ4n) is 5.66. The molecule has 0 radical (unpaired) electrons. The average Bonchev–Trinajstić information content (AvgIpc) is 3.09. The van der Waals surface area contributed by atoms with Gasteiger partial charge in [-0.3, -0.25) is 9.52 Å². The largest absolute Gasteiger partial charge is 0.470 e. The van der Waals surface area contributed by atoms with Crippen LogP contribution in [0.5, 0.6) is 5.88 Å². The van der Waals surface area contributed by atoms with Gasteiger partial charge in [-0.2, -0.15) is 4.98 Å². The van der Waals surface area contributed by atoms with Crippen LogP contribution in [0.1, 0.15) is 62.5 Å². The van der Waals surface area contributed by atoms with Gasteiger partial charge in [-0.25, -0.2) is 9.78 Å². The first kappa shape index (κ1) is 30.7. The van der Waals surface area contributed by atoms with E-state index in [0.717, 1.165) is 33.7 Å². The number of hydrogen-bond donors (Lipinski definition) is 1. The van der Waals surface area contributed by atoms with Crippen molar-refractivity contribution in [3.05, 3.63) is 65.2 Å². The second-order valence-corrected chi connectivity index (χ2v) is 13.7. The molecule has 1 saturated heterocycles. The molecule has 9 nitrogen and oxygen atoms in total. The SMILES string of the molecule is Cc1cccc(C)c1-c1cc2nc(n1)NSc1cccc(c1)C(=O)N1C[C@H](CN(C(=O)OC(C)(C)C)CC1CC(C)C)O2. The summed E-state index contributed by atoms with van der Waals surface area (Å²) in [5.74, 6) is 0.964. The Balaban J connectivity index is 1.62. The second-order valence-electron chi connectivity index (χ2n) is 12.8. The van der Waals surface area contributed by atoms with Gasteiger partial charge in [0.1, 0.15) is 11.7 Å². The number of ether oxygens (including phenoxy) is 2. The van der Waals surface area contributed by atoms with Gasteiger partial charge in [-0.05, 0) is 88.2 Å². The van der Waals surface area contributed by atoms with Crippen LogP contribution in [0.15, 0.2) is 53.4 Å². The molecule has 6 bridgehead atoms. The molecule has 2 aromatic carbocycles. The number of benzene rings is 2. The number of hydrogen-bond acceptors (Lipinski definition) is 8. The van der Waals surface area contributed by atoms with Gasteiger partial charge in [-0.1, -0.05) is 38.1 Å². The summed E-state index contributed by atoms with van der Waals surface area (Å²) in [5, 5.41) is 0. The molecule has 10 heteroatoms. The van der Waals surface area contributed by atoms with E-state index < -0.39 is 17.8 Å². The van der Waals surface area contributed by atoms with E-state index in [0.29, 0.717) is 36.4 Å². The van der Waals surface area contributed by atoms with Gasteiger partial charge in [0.15, 0.2) is 0 Å². The maximum absolute atomic E-state index is 14.2. The first-order valence-electron chi connectivity index (χ1n) is 14.8. The van der Waals surface area contributed by atoms with Crippen molar-refractivity contribution in [1.82, 2.24) is 19.8 Å². The molecular weight excluding hydrogens is 562 g/mol. The summed E-state index contributed by atoms with van der Waals surface area (Å²) < 4.78 is 15.7. The van der Waals surface area contributed by atoms with Gasteiger partial charge in [0.25, 0.3) is 5.91 Å². The molecule has 1 N–H and O–H groups in total. The Kier molecular flexibility index (Phi) is 8.87. The van der Waals surface area contributed by atoms with Crippen molar-refractivity contribution < 1.29 is 19.1 Å². The third-order valence-corrected chi connectivity index (χ3v) is 8.20. The van der Waals surface area contributed by atoms with Crippen molar-refractivity contribution >= 4 is 29.9 Å². The Morgan fingerprint density at radius 3 is 2.49 bits per heavy atom. The van der Waals surface area contributed by atoms with Crippen molar-refractivity contribution in [3.8, 4) is 17.1 Å². The lowest BCUT2D eigenvalue weighted by Gasteiger charge is -2.33. The molecule has 0 saturated carbocycles. The lowest BCUT2D eigenvalue weighted by molar-refractivity contribution is 0.0182. The summed E-state index contributed by atoms with van der Waals surface area (Å²) in [5.41, 5.74) is 3.84. The fourth-order valence-corrected chi connectivity index (χ4v) is 6.29. The molecule has 2 aliphatic heterocycles. The van der Waals surface area contributed by atoms with Crippen molar-refractivity contribution in [2.75, 3.05) is 24.4 Å². The zero-order valence-corrected chi connectivity index (χ0v) is 26.8. The number of nitrogens with zero attached hydrogens (tertiary/aromatic N) is 4. The van der Waals surface area contributed by atoms with Crippen molar-refractivity contribution in [2.45, 2.75) is 77.5 Å². The molecule has 3 aromatic rings. The number of fused-ring (bicyclic) bond motifs is 6. The van der Waals surface area contributed by atoms with Crippen LogP contribution in [-0.4, -0.2) is 69.1 Å². The van der Waals surface area contributed by atoms with E-state index >= 15 is 0 Å². The number of amides is 2. The Hall–Kier alpha value is -3.79. The van der Waals surface area contributed by atoms with E-state index in [-0.39, 0.29) is 18.5 Å². The van der Waals surface area contributed by atoms with Crippen LogP contribution in [0.3, 0.4) is 0 Å². The molecule has 228 valence electrons. The van der Waals surface area contributed by atoms with Gasteiger partial charge >= 0.3 is 6.09 Å². The summed E-state index contributed by atoms with van der Waals surface area (Å²) in [4.78, 5) is 41.6. The van der Waals surface area contributed by atoms with E-state index in [9.17, 15) is 9.59 Å². The van der Waals surface area contributed by atoms with Crippen LogP contribution in [0.4, 0.5) is 10.7 Å². The normalized spacial score (nSPS) is 18.9.